The van der Waals surface area contributed by atoms with Gasteiger partial charge in [0.05, 0.1) is 13.2 Å². The summed E-state index contributed by atoms with van der Waals surface area (Å²) in [5.41, 5.74) is 1.23. The number of hydrogen-bond acceptors (Lipinski definition) is 3. The number of likely N-dealkylation sites (tertiary alicyclic amines) is 1. The van der Waals surface area contributed by atoms with E-state index in [0.29, 0.717) is 0 Å². The monoisotopic (exact) mass is 193 g/mol. The van der Waals surface area contributed by atoms with Crippen molar-refractivity contribution in [2.45, 2.75) is 12.6 Å². The van der Waals surface area contributed by atoms with Crippen molar-refractivity contribution in [3.8, 4) is 5.75 Å². The quantitative estimate of drug-likeness (QED) is 0.773. The van der Waals surface area contributed by atoms with Crippen LogP contribution in [0.25, 0.3) is 0 Å². The van der Waals surface area contributed by atoms with Crippen molar-refractivity contribution in [1.82, 2.24) is 4.90 Å². The normalized spacial score (nSPS) is 17.9. The first-order chi connectivity index (χ1) is 6.78. The second kappa shape index (κ2) is 3.98. The first-order valence-electron chi connectivity index (χ1n) is 4.81. The zero-order chi connectivity index (χ0) is 9.97. The van der Waals surface area contributed by atoms with Crippen molar-refractivity contribution in [2.24, 2.45) is 0 Å². The summed E-state index contributed by atoms with van der Waals surface area (Å²) in [5, 5.41) is 9.13. The van der Waals surface area contributed by atoms with Gasteiger partial charge in [0.25, 0.3) is 0 Å². The zero-order valence-corrected chi connectivity index (χ0v) is 8.31. The third-order valence-corrected chi connectivity index (χ3v) is 2.48. The fourth-order valence-electron chi connectivity index (χ4n) is 1.70. The maximum atomic E-state index is 9.13. The number of nitrogens with zero attached hydrogens (tertiary/aromatic N) is 1. The van der Waals surface area contributed by atoms with Crippen molar-refractivity contribution in [3.05, 3.63) is 29.8 Å². The fraction of sp³-hybridized carbons (Fsp3) is 0.455. The van der Waals surface area contributed by atoms with Crippen LogP contribution in [0.1, 0.15) is 5.56 Å². The molecule has 1 aliphatic heterocycles. The van der Waals surface area contributed by atoms with Gasteiger partial charge < -0.3 is 9.84 Å². The lowest BCUT2D eigenvalue weighted by Gasteiger charge is -2.35. The summed E-state index contributed by atoms with van der Waals surface area (Å²) in [7, 11) is 1.67. The molecule has 1 N–H and O–H groups in total. The second-order valence-electron chi connectivity index (χ2n) is 3.70. The van der Waals surface area contributed by atoms with Crippen LogP contribution in [0.3, 0.4) is 0 Å². The van der Waals surface area contributed by atoms with Crippen molar-refractivity contribution in [3.63, 3.8) is 0 Å². The SMILES string of the molecule is COc1cccc(CN2CC(O)C2)c1. The maximum Gasteiger partial charge on any atom is 0.119 e. The summed E-state index contributed by atoms with van der Waals surface area (Å²) in [6.07, 6.45) is -0.124. The van der Waals surface area contributed by atoms with E-state index in [4.69, 9.17) is 9.84 Å². The summed E-state index contributed by atoms with van der Waals surface area (Å²) >= 11 is 0. The van der Waals surface area contributed by atoms with Gasteiger partial charge in [-0.25, -0.2) is 0 Å². The predicted octanol–water partition coefficient (Wildman–Crippen LogP) is 0.872. The van der Waals surface area contributed by atoms with Gasteiger partial charge in [-0.05, 0) is 17.7 Å². The van der Waals surface area contributed by atoms with Gasteiger partial charge in [-0.3, -0.25) is 4.90 Å². The van der Waals surface area contributed by atoms with Gasteiger partial charge in [0, 0.05) is 19.6 Å². The van der Waals surface area contributed by atoms with E-state index in [0.717, 1.165) is 25.4 Å². The third kappa shape index (κ3) is 2.05. The number of rotatable bonds is 3. The zero-order valence-electron chi connectivity index (χ0n) is 8.31. The van der Waals surface area contributed by atoms with Crippen LogP contribution < -0.4 is 4.74 Å². The molecule has 0 aliphatic carbocycles. The Bertz CT molecular complexity index is 308. The van der Waals surface area contributed by atoms with Crippen LogP contribution in [0.5, 0.6) is 5.75 Å². The summed E-state index contributed by atoms with van der Waals surface area (Å²) in [5.74, 6) is 0.892. The Morgan fingerprint density at radius 1 is 1.50 bits per heavy atom. The lowest BCUT2D eigenvalue weighted by molar-refractivity contribution is -0.00288. The van der Waals surface area contributed by atoms with Gasteiger partial charge in [-0.1, -0.05) is 12.1 Å². The highest BCUT2D eigenvalue weighted by molar-refractivity contribution is 5.28. The molecule has 0 saturated carbocycles. The molecule has 1 aromatic carbocycles. The molecule has 0 spiro atoms. The molecular weight excluding hydrogens is 178 g/mol. The summed E-state index contributed by atoms with van der Waals surface area (Å²) in [6, 6.07) is 8.04. The average Bonchev–Trinajstić information content (AvgIpc) is 2.16. The number of ether oxygens (including phenoxy) is 1. The molecule has 0 atom stereocenters. The van der Waals surface area contributed by atoms with Crippen LogP contribution in [0.15, 0.2) is 24.3 Å². The molecule has 1 fully saturated rings. The van der Waals surface area contributed by atoms with Gasteiger partial charge in [-0.2, -0.15) is 0 Å². The topological polar surface area (TPSA) is 32.7 Å². The predicted molar refractivity (Wildman–Crippen MR) is 54.3 cm³/mol. The van der Waals surface area contributed by atoms with Crippen LogP contribution in [0.4, 0.5) is 0 Å². The molecular formula is C11H15NO2. The van der Waals surface area contributed by atoms with Gasteiger partial charge >= 0.3 is 0 Å². The van der Waals surface area contributed by atoms with Crippen molar-refractivity contribution in [1.29, 1.82) is 0 Å². The van der Waals surface area contributed by atoms with E-state index in [9.17, 15) is 0 Å². The highest BCUT2D eigenvalue weighted by atomic mass is 16.5. The lowest BCUT2D eigenvalue weighted by Crippen LogP contribution is -2.49. The molecule has 3 heteroatoms. The Morgan fingerprint density at radius 2 is 2.29 bits per heavy atom. The highest BCUT2D eigenvalue weighted by Crippen LogP contribution is 2.17. The molecule has 0 radical (unpaired) electrons. The average molecular weight is 193 g/mol. The molecule has 1 aliphatic rings. The molecule has 0 bridgehead atoms. The van der Waals surface area contributed by atoms with E-state index < -0.39 is 0 Å². The molecule has 14 heavy (non-hydrogen) atoms. The molecule has 0 unspecified atom stereocenters. The smallest absolute Gasteiger partial charge is 0.119 e. The van der Waals surface area contributed by atoms with Crippen LogP contribution in [-0.2, 0) is 6.54 Å². The second-order valence-corrected chi connectivity index (χ2v) is 3.70. The first kappa shape index (κ1) is 9.49. The number of aliphatic hydroxyl groups is 1. The van der Waals surface area contributed by atoms with Gasteiger partial charge in [0.2, 0.25) is 0 Å². The number of hydrogen-bond donors (Lipinski definition) is 1. The Kier molecular flexibility index (Phi) is 2.70. The molecule has 1 saturated heterocycles. The Hall–Kier alpha value is -1.06. The number of β-amino-alcohol motifs (C(OH)–C–C–N with tert-alkyl or cyclic N) is 1. The van der Waals surface area contributed by atoms with Crippen LogP contribution in [-0.4, -0.2) is 36.3 Å². The van der Waals surface area contributed by atoms with Crippen molar-refractivity contribution >= 4 is 0 Å². The molecule has 76 valence electrons. The minimum absolute atomic E-state index is 0.124. The fourth-order valence-corrected chi connectivity index (χ4v) is 1.70. The van der Waals surface area contributed by atoms with Gasteiger partial charge in [0.1, 0.15) is 5.75 Å². The number of benzene rings is 1. The number of methoxy groups -OCH3 is 1. The standard InChI is InChI=1S/C11H15NO2/c1-14-11-4-2-3-9(5-11)6-12-7-10(13)8-12/h2-5,10,13H,6-8H2,1H3. The van der Waals surface area contributed by atoms with Crippen LogP contribution >= 0.6 is 0 Å². The van der Waals surface area contributed by atoms with Crippen LogP contribution in [0.2, 0.25) is 0 Å². The van der Waals surface area contributed by atoms with E-state index in [2.05, 4.69) is 11.0 Å². The van der Waals surface area contributed by atoms with Gasteiger partial charge in [0.15, 0.2) is 0 Å². The van der Waals surface area contributed by atoms with E-state index >= 15 is 0 Å². The van der Waals surface area contributed by atoms with Crippen molar-refractivity contribution in [2.75, 3.05) is 20.2 Å². The number of aliphatic hydroxyl groups excluding tert-OH is 1. The maximum absolute atomic E-state index is 9.13. The Morgan fingerprint density at radius 3 is 2.93 bits per heavy atom. The van der Waals surface area contributed by atoms with Crippen molar-refractivity contribution < 1.29 is 9.84 Å². The Labute approximate surface area is 83.9 Å². The summed E-state index contributed by atoms with van der Waals surface area (Å²) < 4.78 is 5.14. The van der Waals surface area contributed by atoms with E-state index in [1.807, 2.05) is 18.2 Å². The van der Waals surface area contributed by atoms with E-state index in [-0.39, 0.29) is 6.10 Å². The summed E-state index contributed by atoms with van der Waals surface area (Å²) in [6.45, 7) is 2.47. The van der Waals surface area contributed by atoms with E-state index in [1.165, 1.54) is 5.56 Å². The minimum Gasteiger partial charge on any atom is -0.497 e. The Balaban J connectivity index is 1.95. The van der Waals surface area contributed by atoms with Crippen LogP contribution in [0, 0.1) is 0 Å². The lowest BCUT2D eigenvalue weighted by atomic mass is 10.1. The largest absolute Gasteiger partial charge is 0.497 e. The molecule has 1 aromatic rings. The third-order valence-electron chi connectivity index (χ3n) is 2.48. The first-order valence-corrected chi connectivity index (χ1v) is 4.81. The molecule has 2 rings (SSSR count). The molecule has 3 nitrogen and oxygen atoms in total. The molecule has 0 amide bonds. The highest BCUT2D eigenvalue weighted by Gasteiger charge is 2.23. The molecule has 1 heterocycles. The minimum atomic E-state index is -0.124. The van der Waals surface area contributed by atoms with E-state index in [1.54, 1.807) is 7.11 Å². The molecule has 0 aromatic heterocycles. The van der Waals surface area contributed by atoms with Gasteiger partial charge in [-0.15, -0.1) is 0 Å². The summed E-state index contributed by atoms with van der Waals surface area (Å²) in [4.78, 5) is 2.21.